The van der Waals surface area contributed by atoms with Crippen LogP contribution < -0.4 is 10.2 Å². The lowest BCUT2D eigenvalue weighted by Crippen LogP contribution is -2.09. The quantitative estimate of drug-likeness (QED) is 0.584. The van der Waals surface area contributed by atoms with Crippen molar-refractivity contribution in [3.05, 3.63) is 11.6 Å². The lowest BCUT2D eigenvalue weighted by molar-refractivity contribution is 0.315. The highest BCUT2D eigenvalue weighted by Crippen LogP contribution is 2.18. The van der Waals surface area contributed by atoms with Gasteiger partial charge in [-0.25, -0.2) is 4.63 Å². The lowest BCUT2D eigenvalue weighted by Gasteiger charge is -2.05. The standard InChI is InChI=1S/C8H7BN2O2/c1-4-3-5(12-2)6(9)8-7(4)10-13-11-8/h3H,1-2H3. The molecule has 0 amide bonds. The minimum Gasteiger partial charge on any atom is -0.497 e. The monoisotopic (exact) mass is 174 g/mol. The first-order chi connectivity index (χ1) is 6.24. The maximum absolute atomic E-state index is 5.76. The van der Waals surface area contributed by atoms with Crippen LogP contribution in [0, 0.1) is 6.92 Å². The van der Waals surface area contributed by atoms with E-state index in [0.29, 0.717) is 22.2 Å². The van der Waals surface area contributed by atoms with Crippen LogP contribution >= 0.6 is 0 Å². The summed E-state index contributed by atoms with van der Waals surface area (Å²) >= 11 is 0. The molecule has 0 N–H and O–H groups in total. The molecule has 2 radical (unpaired) electrons. The second kappa shape index (κ2) is 2.76. The normalized spacial score (nSPS) is 10.6. The molecule has 0 atom stereocenters. The molecule has 64 valence electrons. The number of aromatic nitrogens is 2. The molecule has 2 aromatic rings. The molecule has 1 aromatic carbocycles. The molecule has 0 unspecified atom stereocenters. The van der Waals surface area contributed by atoms with E-state index in [1.54, 1.807) is 7.11 Å². The highest BCUT2D eigenvalue weighted by molar-refractivity contribution is 6.40. The van der Waals surface area contributed by atoms with Crippen LogP contribution in [0.1, 0.15) is 5.56 Å². The number of benzene rings is 1. The third-order valence-corrected chi connectivity index (χ3v) is 1.95. The van der Waals surface area contributed by atoms with Crippen molar-refractivity contribution in [2.24, 2.45) is 0 Å². The third kappa shape index (κ3) is 1.08. The molecule has 13 heavy (non-hydrogen) atoms. The second-order valence-electron chi connectivity index (χ2n) is 2.77. The maximum atomic E-state index is 5.76. The Morgan fingerprint density at radius 2 is 2.08 bits per heavy atom. The summed E-state index contributed by atoms with van der Waals surface area (Å²) in [7, 11) is 7.32. The first-order valence-corrected chi connectivity index (χ1v) is 3.79. The summed E-state index contributed by atoms with van der Waals surface area (Å²) in [6.45, 7) is 1.90. The van der Waals surface area contributed by atoms with Crippen LogP contribution in [0.4, 0.5) is 0 Å². The van der Waals surface area contributed by atoms with Gasteiger partial charge < -0.3 is 4.74 Å². The Hall–Kier alpha value is -1.52. The molecule has 5 heteroatoms. The fourth-order valence-corrected chi connectivity index (χ4v) is 1.25. The molecule has 2 rings (SSSR count). The van der Waals surface area contributed by atoms with Gasteiger partial charge in [-0.2, -0.15) is 0 Å². The first kappa shape index (κ1) is 8.10. The number of nitrogens with zero attached hydrogens (tertiary/aromatic N) is 2. The molecule has 0 bridgehead atoms. The predicted octanol–water partition coefficient (Wildman–Crippen LogP) is 0.334. The van der Waals surface area contributed by atoms with Crippen molar-refractivity contribution >= 4 is 24.3 Å². The molecular weight excluding hydrogens is 167 g/mol. The van der Waals surface area contributed by atoms with Crippen LogP contribution in [0.3, 0.4) is 0 Å². The van der Waals surface area contributed by atoms with Crippen LogP contribution in [0.15, 0.2) is 10.7 Å². The van der Waals surface area contributed by atoms with Gasteiger partial charge in [-0.05, 0) is 29.2 Å². The molecule has 1 heterocycles. The number of rotatable bonds is 1. The Morgan fingerprint density at radius 3 is 2.77 bits per heavy atom. The zero-order valence-corrected chi connectivity index (χ0v) is 7.37. The Labute approximate surface area is 76.2 Å². The van der Waals surface area contributed by atoms with Crippen molar-refractivity contribution < 1.29 is 9.37 Å². The number of aryl methyl sites for hydroxylation is 1. The van der Waals surface area contributed by atoms with Gasteiger partial charge >= 0.3 is 0 Å². The van der Waals surface area contributed by atoms with Gasteiger partial charge in [-0.3, -0.25) is 0 Å². The van der Waals surface area contributed by atoms with Gasteiger partial charge in [0.1, 0.15) is 24.6 Å². The molecule has 0 aliphatic rings. The zero-order chi connectivity index (χ0) is 9.42. The number of hydrogen-bond donors (Lipinski definition) is 0. The summed E-state index contributed by atoms with van der Waals surface area (Å²) in [5.74, 6) is 0.598. The summed E-state index contributed by atoms with van der Waals surface area (Å²) < 4.78 is 9.66. The van der Waals surface area contributed by atoms with Gasteiger partial charge in [0.15, 0.2) is 0 Å². The van der Waals surface area contributed by atoms with E-state index in [2.05, 4.69) is 14.9 Å². The van der Waals surface area contributed by atoms with E-state index in [0.717, 1.165) is 5.56 Å². The minimum atomic E-state index is 0.462. The first-order valence-electron chi connectivity index (χ1n) is 3.79. The van der Waals surface area contributed by atoms with E-state index in [4.69, 9.17) is 12.6 Å². The molecule has 0 aliphatic heterocycles. The minimum absolute atomic E-state index is 0.462. The molecular formula is C8H7BN2O2. The Morgan fingerprint density at radius 1 is 1.38 bits per heavy atom. The second-order valence-corrected chi connectivity index (χ2v) is 2.77. The van der Waals surface area contributed by atoms with Gasteiger partial charge in [0.2, 0.25) is 0 Å². The van der Waals surface area contributed by atoms with E-state index in [1.807, 2.05) is 13.0 Å². The van der Waals surface area contributed by atoms with E-state index in [1.165, 1.54) is 0 Å². The molecule has 0 spiro atoms. The van der Waals surface area contributed by atoms with Crippen molar-refractivity contribution in [2.75, 3.05) is 7.11 Å². The van der Waals surface area contributed by atoms with Crippen LogP contribution in [-0.2, 0) is 0 Å². The van der Waals surface area contributed by atoms with Crippen LogP contribution in [0.5, 0.6) is 5.75 Å². The third-order valence-electron chi connectivity index (χ3n) is 1.95. The van der Waals surface area contributed by atoms with Crippen molar-refractivity contribution in [3.8, 4) is 5.75 Å². The number of ether oxygens (including phenoxy) is 1. The van der Waals surface area contributed by atoms with Crippen LogP contribution in [-0.4, -0.2) is 25.3 Å². The van der Waals surface area contributed by atoms with E-state index < -0.39 is 0 Å². The average Bonchev–Trinajstić information content (AvgIpc) is 2.60. The lowest BCUT2D eigenvalue weighted by atomic mass is 9.92. The van der Waals surface area contributed by atoms with E-state index in [9.17, 15) is 0 Å². The Bertz CT molecular complexity index is 453. The maximum Gasteiger partial charge on any atom is 0.137 e. The van der Waals surface area contributed by atoms with Gasteiger partial charge in [0.05, 0.1) is 7.11 Å². The highest BCUT2D eigenvalue weighted by atomic mass is 16.6. The van der Waals surface area contributed by atoms with Crippen molar-refractivity contribution in [1.29, 1.82) is 0 Å². The highest BCUT2D eigenvalue weighted by Gasteiger charge is 2.10. The van der Waals surface area contributed by atoms with Gasteiger partial charge in [-0.15, -0.1) is 0 Å². The SMILES string of the molecule is [B]c1c(OC)cc(C)c2nonc12. The molecule has 4 nitrogen and oxygen atoms in total. The fraction of sp³-hybridized carbons (Fsp3) is 0.250. The number of hydrogen-bond acceptors (Lipinski definition) is 4. The summed E-state index contributed by atoms with van der Waals surface area (Å²) in [4.78, 5) is 0. The van der Waals surface area contributed by atoms with Crippen LogP contribution in [0.2, 0.25) is 0 Å². The largest absolute Gasteiger partial charge is 0.497 e. The van der Waals surface area contributed by atoms with Gasteiger partial charge in [-0.1, -0.05) is 5.16 Å². The molecule has 1 aromatic heterocycles. The molecule has 0 saturated heterocycles. The molecule has 0 aliphatic carbocycles. The number of methoxy groups -OCH3 is 1. The Balaban J connectivity index is 2.85. The van der Waals surface area contributed by atoms with Gasteiger partial charge in [0, 0.05) is 0 Å². The Kier molecular flexibility index (Phi) is 1.72. The summed E-state index contributed by atoms with van der Waals surface area (Å²) in [6.07, 6.45) is 0. The predicted molar refractivity (Wildman–Crippen MR) is 48.5 cm³/mol. The number of fused-ring (bicyclic) bond motifs is 1. The fourth-order valence-electron chi connectivity index (χ4n) is 1.25. The summed E-state index contributed by atoms with van der Waals surface area (Å²) in [5.41, 5.74) is 2.63. The topological polar surface area (TPSA) is 48.2 Å². The van der Waals surface area contributed by atoms with Crippen molar-refractivity contribution in [2.45, 2.75) is 6.92 Å². The zero-order valence-electron chi connectivity index (χ0n) is 7.37. The van der Waals surface area contributed by atoms with E-state index >= 15 is 0 Å². The van der Waals surface area contributed by atoms with Crippen LogP contribution in [0.25, 0.3) is 11.0 Å². The van der Waals surface area contributed by atoms with E-state index in [-0.39, 0.29) is 0 Å². The van der Waals surface area contributed by atoms with Gasteiger partial charge in [0.25, 0.3) is 0 Å². The smallest absolute Gasteiger partial charge is 0.137 e. The molecule has 0 fully saturated rings. The van der Waals surface area contributed by atoms with Crippen molar-refractivity contribution in [1.82, 2.24) is 10.3 Å². The summed E-state index contributed by atoms with van der Waals surface area (Å²) in [5, 5.41) is 7.43. The van der Waals surface area contributed by atoms with Crippen molar-refractivity contribution in [3.63, 3.8) is 0 Å². The molecule has 0 saturated carbocycles. The summed E-state index contributed by atoms with van der Waals surface area (Å²) in [6, 6.07) is 1.81. The average molecular weight is 174 g/mol.